The molecule has 0 spiro atoms. The van der Waals surface area contributed by atoms with Gasteiger partial charge in [-0.1, -0.05) is 30.4 Å². The van der Waals surface area contributed by atoms with E-state index in [1.54, 1.807) is 39.1 Å². The smallest absolute Gasteiger partial charge is 0.408 e. The number of rotatable bonds is 4. The minimum Gasteiger partial charge on any atom is -0.479 e. The summed E-state index contributed by atoms with van der Waals surface area (Å²) in [4.78, 5) is 57.9. The number of carbonyl (C=O) groups is 4. The molecule has 40 heavy (non-hydrogen) atoms. The first-order valence-corrected chi connectivity index (χ1v) is 13.5. The highest BCUT2D eigenvalue weighted by Crippen LogP contribution is 2.45. The fourth-order valence-corrected chi connectivity index (χ4v) is 5.42. The number of hydrogen-bond donors (Lipinski definition) is 3. The minimum atomic E-state index is -1.40. The molecule has 1 unspecified atom stereocenters. The van der Waals surface area contributed by atoms with Crippen LogP contribution in [0.2, 0.25) is 0 Å². The van der Waals surface area contributed by atoms with Crippen molar-refractivity contribution in [2.45, 2.75) is 75.8 Å². The van der Waals surface area contributed by atoms with Crippen molar-refractivity contribution < 1.29 is 33.8 Å². The highest BCUT2D eigenvalue weighted by Gasteiger charge is 2.61. The maximum atomic E-state index is 13.9. The average Bonchev–Trinajstić information content (AvgIpc) is 3.42. The number of ether oxygens (including phenoxy) is 2. The summed E-state index contributed by atoms with van der Waals surface area (Å²) in [6.45, 7) is 5.25. The van der Waals surface area contributed by atoms with E-state index in [4.69, 9.17) is 9.47 Å². The van der Waals surface area contributed by atoms with Crippen molar-refractivity contribution in [1.82, 2.24) is 20.5 Å². The summed E-state index contributed by atoms with van der Waals surface area (Å²) < 4.78 is 11.6. The first kappa shape index (κ1) is 27.4. The number of hydrogen-bond acceptors (Lipinski definition) is 7. The van der Waals surface area contributed by atoms with Gasteiger partial charge in [0.2, 0.25) is 17.7 Å². The summed E-state index contributed by atoms with van der Waals surface area (Å²) in [6.07, 6.45) is 4.94. The van der Waals surface area contributed by atoms with Gasteiger partial charge in [0.25, 0.3) is 0 Å². The van der Waals surface area contributed by atoms with Gasteiger partial charge in [-0.25, -0.2) is 14.6 Å². The standard InChI is InChI=1S/C29H34N4O7/c1-28(2,3)40-27(38)31-21-11-7-5-9-18-15-29(18,26(36)37)32-23(34)22-14-19(16-33(22)25(21)35)39-24-20-10-6-4-8-17(20)12-13-30-24/h4-6,8-10,12-13,18-19,21-22H,7,11,14-16H2,1-3H3,(H,31,38)(H,32,34)(H,36,37)/b9-5+/t18-,19?,21+,22+,29-/m1/s1. The molecule has 3 heterocycles. The lowest BCUT2D eigenvalue weighted by molar-refractivity contribution is -0.145. The molecule has 1 aromatic heterocycles. The molecule has 3 amide bonds. The second-order valence-corrected chi connectivity index (χ2v) is 11.6. The second-order valence-electron chi connectivity index (χ2n) is 11.6. The third-order valence-electron chi connectivity index (χ3n) is 7.49. The maximum absolute atomic E-state index is 13.9. The van der Waals surface area contributed by atoms with E-state index in [2.05, 4.69) is 15.6 Å². The Bertz CT molecular complexity index is 1360. The number of nitrogens with one attached hydrogen (secondary N) is 2. The molecule has 11 nitrogen and oxygen atoms in total. The third-order valence-corrected chi connectivity index (χ3v) is 7.49. The number of allylic oxidation sites excluding steroid dienone is 1. The molecule has 0 bridgehead atoms. The van der Waals surface area contributed by atoms with E-state index in [9.17, 15) is 24.3 Å². The largest absolute Gasteiger partial charge is 0.479 e. The number of nitrogens with zero attached hydrogens (tertiary/aromatic N) is 2. The Morgan fingerprint density at radius 1 is 1.20 bits per heavy atom. The van der Waals surface area contributed by atoms with E-state index in [0.717, 1.165) is 10.8 Å². The van der Waals surface area contributed by atoms with Crippen molar-refractivity contribution in [3.8, 4) is 5.88 Å². The van der Waals surface area contributed by atoms with E-state index < -0.39 is 53.2 Å². The molecule has 5 atom stereocenters. The van der Waals surface area contributed by atoms with Gasteiger partial charge >= 0.3 is 12.1 Å². The van der Waals surface area contributed by atoms with Crippen LogP contribution in [0.3, 0.4) is 0 Å². The number of carboxylic acid groups (broad SMARTS) is 1. The summed E-state index contributed by atoms with van der Waals surface area (Å²) >= 11 is 0. The molecule has 2 aliphatic heterocycles. The third kappa shape index (κ3) is 5.59. The summed E-state index contributed by atoms with van der Waals surface area (Å²) in [5.74, 6) is -2.12. The SMILES string of the molecule is CC(C)(C)OC(=O)N[C@H]1CC/C=C/[C@@H]2C[C@@]2(C(=O)O)NC(=O)[C@@H]2CC(Oc3nccc4ccccc34)CN2C1=O. The van der Waals surface area contributed by atoms with Crippen LogP contribution in [-0.4, -0.2) is 74.7 Å². The van der Waals surface area contributed by atoms with Crippen molar-refractivity contribution in [1.29, 1.82) is 0 Å². The topological polar surface area (TPSA) is 147 Å². The molecule has 2 fully saturated rings. The summed E-state index contributed by atoms with van der Waals surface area (Å²) in [5.41, 5.74) is -2.16. The van der Waals surface area contributed by atoms with Crippen LogP contribution in [0, 0.1) is 5.92 Å². The molecule has 1 saturated carbocycles. The predicted molar refractivity (Wildman–Crippen MR) is 144 cm³/mol. The molecule has 212 valence electrons. The van der Waals surface area contributed by atoms with E-state index >= 15 is 0 Å². The van der Waals surface area contributed by atoms with Gasteiger partial charge in [0.05, 0.1) is 6.54 Å². The number of aliphatic carboxylic acids is 1. The molecule has 1 aromatic carbocycles. The average molecular weight is 551 g/mol. The first-order valence-electron chi connectivity index (χ1n) is 13.5. The molecule has 3 aliphatic rings. The van der Waals surface area contributed by atoms with Crippen molar-refractivity contribution in [3.63, 3.8) is 0 Å². The number of carbonyl (C=O) groups excluding carboxylic acids is 3. The number of amides is 3. The Hall–Kier alpha value is -4.15. The summed E-state index contributed by atoms with van der Waals surface area (Å²) in [7, 11) is 0. The maximum Gasteiger partial charge on any atom is 0.408 e. The second kappa shape index (κ2) is 10.4. The lowest BCUT2D eigenvalue weighted by Crippen LogP contribution is -2.56. The van der Waals surface area contributed by atoms with Crippen molar-refractivity contribution in [2.75, 3.05) is 6.54 Å². The Kier molecular flexibility index (Phi) is 7.16. The number of benzene rings is 1. The lowest BCUT2D eigenvalue weighted by Gasteiger charge is -2.30. The van der Waals surface area contributed by atoms with Crippen LogP contribution in [0.4, 0.5) is 4.79 Å². The Morgan fingerprint density at radius 3 is 2.73 bits per heavy atom. The van der Waals surface area contributed by atoms with Crippen LogP contribution in [-0.2, 0) is 19.1 Å². The Morgan fingerprint density at radius 2 is 1.98 bits per heavy atom. The zero-order valence-corrected chi connectivity index (χ0v) is 22.8. The van der Waals surface area contributed by atoms with Crippen molar-refractivity contribution in [2.24, 2.45) is 5.92 Å². The number of alkyl carbamates (subject to hydrolysis) is 1. The van der Waals surface area contributed by atoms with Gasteiger partial charge in [0.1, 0.15) is 29.3 Å². The Balaban J connectivity index is 1.43. The molecule has 5 rings (SSSR count). The highest BCUT2D eigenvalue weighted by atomic mass is 16.6. The fraction of sp³-hybridized carbons (Fsp3) is 0.483. The number of carboxylic acids is 1. The van der Waals surface area contributed by atoms with E-state index in [0.29, 0.717) is 12.3 Å². The van der Waals surface area contributed by atoms with Gasteiger partial charge in [-0.15, -0.1) is 0 Å². The zero-order chi connectivity index (χ0) is 28.7. The van der Waals surface area contributed by atoms with Gasteiger partial charge in [-0.2, -0.15) is 0 Å². The van der Waals surface area contributed by atoms with E-state index in [1.165, 1.54) is 4.90 Å². The van der Waals surface area contributed by atoms with Crippen molar-refractivity contribution in [3.05, 3.63) is 48.7 Å². The van der Waals surface area contributed by atoms with Crippen LogP contribution >= 0.6 is 0 Å². The molecule has 1 saturated heterocycles. The molecule has 0 radical (unpaired) electrons. The zero-order valence-electron chi connectivity index (χ0n) is 22.8. The molecule has 1 aliphatic carbocycles. The van der Waals surface area contributed by atoms with Gasteiger partial charge in [-0.05, 0) is 57.6 Å². The highest BCUT2D eigenvalue weighted by molar-refractivity contribution is 5.96. The molecule has 3 N–H and O–H groups in total. The number of pyridine rings is 1. The molecular weight excluding hydrogens is 516 g/mol. The van der Waals surface area contributed by atoms with Gasteiger partial charge in [-0.3, -0.25) is 9.59 Å². The van der Waals surface area contributed by atoms with Crippen molar-refractivity contribution >= 4 is 34.6 Å². The van der Waals surface area contributed by atoms with E-state index in [-0.39, 0.29) is 31.7 Å². The minimum absolute atomic E-state index is 0.0632. The molecule has 11 heteroatoms. The monoisotopic (exact) mass is 550 g/mol. The lowest BCUT2D eigenvalue weighted by atomic mass is 10.1. The molecule has 2 aromatic rings. The van der Waals surface area contributed by atoms with Crippen LogP contribution < -0.4 is 15.4 Å². The number of fused-ring (bicyclic) bond motifs is 3. The van der Waals surface area contributed by atoms with Crippen LogP contribution in [0.5, 0.6) is 5.88 Å². The van der Waals surface area contributed by atoms with E-state index in [1.807, 2.05) is 30.3 Å². The summed E-state index contributed by atoms with van der Waals surface area (Å²) in [5, 5.41) is 17.0. The Labute approximate surface area is 231 Å². The van der Waals surface area contributed by atoms with Gasteiger partial charge in [0.15, 0.2) is 0 Å². The van der Waals surface area contributed by atoms with Gasteiger partial charge in [0, 0.05) is 23.9 Å². The van der Waals surface area contributed by atoms with Gasteiger partial charge < -0.3 is 30.1 Å². The normalized spacial score (nSPS) is 29.2. The quantitative estimate of drug-likeness (QED) is 0.493. The first-order chi connectivity index (χ1) is 19.0. The summed E-state index contributed by atoms with van der Waals surface area (Å²) in [6, 6.07) is 7.52. The van der Waals surface area contributed by atoms with Crippen LogP contribution in [0.1, 0.15) is 46.5 Å². The fourth-order valence-electron chi connectivity index (χ4n) is 5.42. The predicted octanol–water partition coefficient (Wildman–Crippen LogP) is 2.79. The van der Waals surface area contributed by atoms with Crippen LogP contribution in [0.15, 0.2) is 48.7 Å². The number of aromatic nitrogens is 1. The molecular formula is C29H34N4O7. The van der Waals surface area contributed by atoms with Crippen LogP contribution in [0.25, 0.3) is 10.8 Å².